The Bertz CT molecular complexity index is 956. The van der Waals surface area contributed by atoms with Gasteiger partial charge in [0.1, 0.15) is 0 Å². The molecule has 3 aromatic carbocycles. The van der Waals surface area contributed by atoms with Gasteiger partial charge in [0.2, 0.25) is 0 Å². The second kappa shape index (κ2) is 7.64. The summed E-state index contributed by atoms with van der Waals surface area (Å²) in [5.41, 5.74) is 3.74. The summed E-state index contributed by atoms with van der Waals surface area (Å²) in [7, 11) is 0. The van der Waals surface area contributed by atoms with Crippen molar-refractivity contribution in [1.29, 1.82) is 0 Å². The zero-order valence-corrected chi connectivity index (χ0v) is 15.3. The smallest absolute Gasteiger partial charge is 0.306 e. The first kappa shape index (κ1) is 17.3. The SMILES string of the molecule is O=C(Nc1ccc(Cl)cc1)N1CC(c2ccccc2)C(c2ccccc2)=N1. The minimum absolute atomic E-state index is 0.0320. The Morgan fingerprint density at radius 2 is 1.56 bits per heavy atom. The molecule has 3 aromatic rings. The molecule has 134 valence electrons. The van der Waals surface area contributed by atoms with Crippen molar-refractivity contribution in [3.8, 4) is 0 Å². The molecule has 1 atom stereocenters. The summed E-state index contributed by atoms with van der Waals surface area (Å²) in [6.45, 7) is 0.494. The molecule has 1 aliphatic rings. The fourth-order valence-corrected chi connectivity index (χ4v) is 3.29. The van der Waals surface area contributed by atoms with Crippen LogP contribution < -0.4 is 5.32 Å². The number of nitrogens with one attached hydrogen (secondary N) is 1. The van der Waals surface area contributed by atoms with Gasteiger partial charge in [-0.2, -0.15) is 5.10 Å². The Morgan fingerprint density at radius 3 is 2.22 bits per heavy atom. The van der Waals surface area contributed by atoms with E-state index in [1.54, 1.807) is 24.3 Å². The molecule has 0 spiro atoms. The van der Waals surface area contributed by atoms with Crippen LogP contribution in [0.15, 0.2) is 90.0 Å². The van der Waals surface area contributed by atoms with Gasteiger partial charge in [-0.05, 0) is 35.4 Å². The lowest BCUT2D eigenvalue weighted by Crippen LogP contribution is -2.30. The Labute approximate surface area is 163 Å². The van der Waals surface area contributed by atoms with E-state index in [0.29, 0.717) is 17.3 Å². The molecule has 0 fully saturated rings. The van der Waals surface area contributed by atoms with E-state index < -0.39 is 0 Å². The fourth-order valence-electron chi connectivity index (χ4n) is 3.17. The lowest BCUT2D eigenvalue weighted by molar-refractivity contribution is 0.218. The van der Waals surface area contributed by atoms with E-state index in [2.05, 4.69) is 22.6 Å². The molecule has 0 saturated heterocycles. The van der Waals surface area contributed by atoms with Crippen LogP contribution in [0.25, 0.3) is 0 Å². The number of nitrogens with zero attached hydrogens (tertiary/aromatic N) is 2. The maximum Gasteiger partial charge on any atom is 0.342 e. The number of hydrogen-bond donors (Lipinski definition) is 1. The Morgan fingerprint density at radius 1 is 0.926 bits per heavy atom. The molecule has 0 saturated carbocycles. The monoisotopic (exact) mass is 375 g/mol. The highest BCUT2D eigenvalue weighted by Gasteiger charge is 2.32. The van der Waals surface area contributed by atoms with E-state index in [1.807, 2.05) is 48.5 Å². The molecule has 0 aliphatic carbocycles. The molecule has 4 rings (SSSR count). The maximum atomic E-state index is 12.7. The van der Waals surface area contributed by atoms with Gasteiger partial charge in [-0.1, -0.05) is 72.3 Å². The second-order valence-corrected chi connectivity index (χ2v) is 6.77. The van der Waals surface area contributed by atoms with Crippen molar-refractivity contribution in [3.63, 3.8) is 0 Å². The lowest BCUT2D eigenvalue weighted by atomic mass is 9.91. The Balaban J connectivity index is 1.61. The quantitative estimate of drug-likeness (QED) is 0.656. The first-order valence-corrected chi connectivity index (χ1v) is 9.11. The number of carbonyl (C=O) groups excluding carboxylic acids is 1. The van der Waals surface area contributed by atoms with Crippen LogP contribution in [0.3, 0.4) is 0 Å². The molecule has 0 aromatic heterocycles. The number of anilines is 1. The summed E-state index contributed by atoms with van der Waals surface area (Å²) in [4.78, 5) is 12.7. The van der Waals surface area contributed by atoms with Crippen LogP contribution in [-0.4, -0.2) is 23.3 Å². The number of hydrazone groups is 1. The van der Waals surface area contributed by atoms with Crippen molar-refractivity contribution in [2.45, 2.75) is 5.92 Å². The zero-order chi connectivity index (χ0) is 18.6. The lowest BCUT2D eigenvalue weighted by Gasteiger charge is -2.16. The molecule has 1 N–H and O–H groups in total. The predicted octanol–water partition coefficient (Wildman–Crippen LogP) is 5.38. The highest BCUT2D eigenvalue weighted by Crippen LogP contribution is 2.29. The van der Waals surface area contributed by atoms with Crippen molar-refractivity contribution >= 4 is 29.0 Å². The van der Waals surface area contributed by atoms with Crippen LogP contribution in [-0.2, 0) is 0 Å². The number of amides is 2. The maximum absolute atomic E-state index is 12.7. The van der Waals surface area contributed by atoms with Gasteiger partial charge in [-0.15, -0.1) is 0 Å². The van der Waals surface area contributed by atoms with Crippen molar-refractivity contribution in [2.75, 3.05) is 11.9 Å². The topological polar surface area (TPSA) is 44.7 Å². The van der Waals surface area contributed by atoms with E-state index in [-0.39, 0.29) is 11.9 Å². The van der Waals surface area contributed by atoms with Gasteiger partial charge in [0.15, 0.2) is 0 Å². The van der Waals surface area contributed by atoms with Crippen molar-refractivity contribution < 1.29 is 4.79 Å². The van der Waals surface area contributed by atoms with Crippen LogP contribution in [0.2, 0.25) is 5.02 Å². The average Bonchev–Trinajstić information content (AvgIpc) is 3.17. The molecule has 27 heavy (non-hydrogen) atoms. The first-order valence-electron chi connectivity index (χ1n) is 8.73. The molecule has 1 unspecified atom stereocenters. The van der Waals surface area contributed by atoms with Crippen molar-refractivity contribution in [3.05, 3.63) is 101 Å². The minimum atomic E-state index is -0.260. The summed E-state index contributed by atoms with van der Waals surface area (Å²) in [6.07, 6.45) is 0. The third-order valence-electron chi connectivity index (χ3n) is 4.52. The summed E-state index contributed by atoms with van der Waals surface area (Å²) in [5, 5.41) is 9.64. The molecule has 1 heterocycles. The van der Waals surface area contributed by atoms with Crippen LogP contribution in [0, 0.1) is 0 Å². The van der Waals surface area contributed by atoms with Crippen LogP contribution in [0.5, 0.6) is 0 Å². The minimum Gasteiger partial charge on any atom is -0.306 e. The summed E-state index contributed by atoms with van der Waals surface area (Å²) in [5.74, 6) is 0.0320. The fraction of sp³-hybridized carbons (Fsp3) is 0.0909. The number of rotatable bonds is 3. The van der Waals surface area contributed by atoms with Gasteiger partial charge in [-0.3, -0.25) is 0 Å². The predicted molar refractivity (Wildman–Crippen MR) is 109 cm³/mol. The Hall–Kier alpha value is -3.11. The van der Waals surface area contributed by atoms with E-state index in [4.69, 9.17) is 11.6 Å². The van der Waals surface area contributed by atoms with Gasteiger partial charge in [-0.25, -0.2) is 9.80 Å². The molecule has 2 amide bonds. The molecule has 4 nitrogen and oxygen atoms in total. The number of carbonyl (C=O) groups is 1. The highest BCUT2D eigenvalue weighted by atomic mass is 35.5. The normalized spacial score (nSPS) is 16.1. The molecular weight excluding hydrogens is 358 g/mol. The van der Waals surface area contributed by atoms with Crippen LogP contribution in [0.1, 0.15) is 17.0 Å². The van der Waals surface area contributed by atoms with Gasteiger partial charge in [0, 0.05) is 16.6 Å². The van der Waals surface area contributed by atoms with Gasteiger partial charge in [0.05, 0.1) is 12.3 Å². The highest BCUT2D eigenvalue weighted by molar-refractivity contribution is 6.30. The Kier molecular flexibility index (Phi) is 4.90. The standard InChI is InChI=1S/C22H18ClN3O/c23-18-11-13-19(14-12-18)24-22(27)26-15-20(16-7-3-1-4-8-16)21(25-26)17-9-5-2-6-10-17/h1-14,20H,15H2,(H,24,27). The zero-order valence-electron chi connectivity index (χ0n) is 14.5. The third kappa shape index (κ3) is 3.86. The molecule has 5 heteroatoms. The molecule has 0 bridgehead atoms. The number of halogens is 1. The van der Waals surface area contributed by atoms with Crippen molar-refractivity contribution in [1.82, 2.24) is 5.01 Å². The number of hydrogen-bond acceptors (Lipinski definition) is 2. The molecular formula is C22H18ClN3O. The van der Waals surface area contributed by atoms with Gasteiger partial charge >= 0.3 is 6.03 Å². The summed E-state index contributed by atoms with van der Waals surface area (Å²) >= 11 is 5.90. The van der Waals surface area contributed by atoms with E-state index >= 15 is 0 Å². The van der Waals surface area contributed by atoms with E-state index in [1.165, 1.54) is 5.01 Å². The second-order valence-electron chi connectivity index (χ2n) is 6.33. The summed E-state index contributed by atoms with van der Waals surface area (Å²) in [6, 6.07) is 26.9. The van der Waals surface area contributed by atoms with E-state index in [9.17, 15) is 4.79 Å². The third-order valence-corrected chi connectivity index (χ3v) is 4.77. The number of urea groups is 1. The van der Waals surface area contributed by atoms with Crippen LogP contribution in [0.4, 0.5) is 10.5 Å². The molecule has 0 radical (unpaired) electrons. The largest absolute Gasteiger partial charge is 0.342 e. The number of benzene rings is 3. The van der Waals surface area contributed by atoms with Crippen LogP contribution >= 0.6 is 11.6 Å². The van der Waals surface area contributed by atoms with Gasteiger partial charge < -0.3 is 5.32 Å². The van der Waals surface area contributed by atoms with E-state index in [0.717, 1.165) is 16.8 Å². The molecule has 1 aliphatic heterocycles. The van der Waals surface area contributed by atoms with Crippen molar-refractivity contribution in [2.24, 2.45) is 5.10 Å². The van der Waals surface area contributed by atoms with Gasteiger partial charge in [0.25, 0.3) is 0 Å². The summed E-state index contributed by atoms with van der Waals surface area (Å²) < 4.78 is 0. The average molecular weight is 376 g/mol. The first-order chi connectivity index (χ1) is 13.2.